The molecule has 2 rings (SSSR count). The number of carboxylic acid groups (broad SMARTS) is 1. The third kappa shape index (κ3) is 5.14. The molecule has 0 fully saturated rings. The van der Waals surface area contributed by atoms with Crippen LogP contribution in [0.4, 0.5) is 10.7 Å². The molecule has 8 nitrogen and oxygen atoms in total. The van der Waals surface area contributed by atoms with Crippen LogP contribution in [0.2, 0.25) is 0 Å². The number of rotatable bonds is 7. The fraction of sp³-hybridized carbons (Fsp3) is 0.300. The molecule has 10 heteroatoms. The number of hydrogen-bond acceptors (Lipinski definition) is 6. The second-order valence-corrected chi connectivity index (χ2v) is 7.62. The normalized spacial score (nSPS) is 10.3. The zero-order valence-corrected chi connectivity index (χ0v) is 18.7. The number of benzene rings is 1. The maximum Gasteiger partial charge on any atom is 0.341 e. The fourth-order valence-corrected chi connectivity index (χ4v) is 4.22. The Morgan fingerprint density at radius 1 is 1.13 bits per heavy atom. The standard InChI is InChI=1S/C20H23N3O5S2/c1-5-23(6-2)17(24)15-11(3)14(19(27)28-4)16(30-15)22-20(29)21-13-9-7-12(8-10-13)18(25)26/h7-10H,5-6H2,1-4H3,(H,25,26)(H2,21,22,29). The van der Waals surface area contributed by atoms with Crippen LogP contribution in [-0.4, -0.2) is 53.2 Å². The number of carbonyl (C=O) groups excluding carboxylic acids is 2. The Bertz CT molecular complexity index is 966. The summed E-state index contributed by atoms with van der Waals surface area (Å²) in [5, 5.41) is 15.4. The number of esters is 1. The minimum Gasteiger partial charge on any atom is -0.478 e. The van der Waals surface area contributed by atoms with Crippen LogP contribution in [0.25, 0.3) is 0 Å². The van der Waals surface area contributed by atoms with Crippen LogP contribution < -0.4 is 10.6 Å². The second kappa shape index (κ2) is 10.2. The van der Waals surface area contributed by atoms with Gasteiger partial charge in [-0.15, -0.1) is 11.3 Å². The molecule has 0 unspecified atom stereocenters. The van der Waals surface area contributed by atoms with Gasteiger partial charge in [-0.2, -0.15) is 0 Å². The monoisotopic (exact) mass is 449 g/mol. The van der Waals surface area contributed by atoms with E-state index < -0.39 is 11.9 Å². The molecule has 2 aromatic rings. The van der Waals surface area contributed by atoms with E-state index in [1.54, 1.807) is 24.0 Å². The Kier molecular flexibility index (Phi) is 7.90. The van der Waals surface area contributed by atoms with Gasteiger partial charge in [0, 0.05) is 18.8 Å². The molecule has 0 saturated carbocycles. The molecule has 0 atom stereocenters. The molecule has 30 heavy (non-hydrogen) atoms. The number of nitrogens with one attached hydrogen (secondary N) is 2. The summed E-state index contributed by atoms with van der Waals surface area (Å²) in [5.41, 5.74) is 1.51. The van der Waals surface area contributed by atoms with Crippen molar-refractivity contribution in [3.05, 3.63) is 45.8 Å². The van der Waals surface area contributed by atoms with Crippen LogP contribution in [0.5, 0.6) is 0 Å². The number of thiophene rings is 1. The molecule has 1 aromatic heterocycles. The van der Waals surface area contributed by atoms with Crippen LogP contribution in [-0.2, 0) is 4.74 Å². The van der Waals surface area contributed by atoms with E-state index in [2.05, 4.69) is 10.6 Å². The smallest absolute Gasteiger partial charge is 0.341 e. The number of methoxy groups -OCH3 is 1. The highest BCUT2D eigenvalue weighted by Crippen LogP contribution is 2.34. The summed E-state index contributed by atoms with van der Waals surface area (Å²) in [6.45, 7) is 6.58. The molecule has 0 bridgehead atoms. The first-order valence-electron chi connectivity index (χ1n) is 9.15. The van der Waals surface area contributed by atoms with Crippen molar-refractivity contribution in [2.75, 3.05) is 30.8 Å². The maximum atomic E-state index is 12.8. The van der Waals surface area contributed by atoms with E-state index in [1.807, 2.05) is 13.8 Å². The first-order valence-corrected chi connectivity index (χ1v) is 10.4. The highest BCUT2D eigenvalue weighted by molar-refractivity contribution is 7.80. The molecule has 0 aliphatic heterocycles. The SMILES string of the molecule is CCN(CC)C(=O)c1sc(NC(=S)Nc2ccc(C(=O)O)cc2)c(C(=O)OC)c1C. The fourth-order valence-electron chi connectivity index (χ4n) is 2.77. The highest BCUT2D eigenvalue weighted by atomic mass is 32.1. The van der Waals surface area contributed by atoms with Crippen LogP contribution in [0.1, 0.15) is 49.8 Å². The number of anilines is 2. The van der Waals surface area contributed by atoms with Gasteiger partial charge in [0.2, 0.25) is 0 Å². The Morgan fingerprint density at radius 3 is 2.23 bits per heavy atom. The third-order valence-corrected chi connectivity index (χ3v) is 5.80. The second-order valence-electron chi connectivity index (χ2n) is 6.19. The average Bonchev–Trinajstić information content (AvgIpc) is 3.04. The van der Waals surface area contributed by atoms with Gasteiger partial charge in [-0.25, -0.2) is 9.59 Å². The Balaban J connectivity index is 2.29. The largest absolute Gasteiger partial charge is 0.478 e. The summed E-state index contributed by atoms with van der Waals surface area (Å²) in [6.07, 6.45) is 0. The molecule has 0 radical (unpaired) electrons. The van der Waals surface area contributed by atoms with E-state index in [0.29, 0.717) is 34.2 Å². The molecular formula is C20H23N3O5S2. The molecule has 1 aromatic carbocycles. The van der Waals surface area contributed by atoms with Gasteiger partial charge in [-0.3, -0.25) is 4.79 Å². The predicted molar refractivity (Wildman–Crippen MR) is 121 cm³/mol. The summed E-state index contributed by atoms with van der Waals surface area (Å²) in [6, 6.07) is 6.05. The highest BCUT2D eigenvalue weighted by Gasteiger charge is 2.27. The van der Waals surface area contributed by atoms with Crippen LogP contribution in [0.15, 0.2) is 24.3 Å². The lowest BCUT2D eigenvalue weighted by Crippen LogP contribution is -2.30. The van der Waals surface area contributed by atoms with Crippen molar-refractivity contribution >= 4 is 57.2 Å². The minimum atomic E-state index is -1.02. The zero-order valence-electron chi connectivity index (χ0n) is 17.1. The molecule has 0 aliphatic rings. The number of carboxylic acids is 1. The van der Waals surface area contributed by atoms with Crippen LogP contribution in [0, 0.1) is 6.92 Å². The van der Waals surface area contributed by atoms with E-state index in [0.717, 1.165) is 11.3 Å². The lowest BCUT2D eigenvalue weighted by atomic mass is 10.1. The van der Waals surface area contributed by atoms with Gasteiger partial charge in [-0.1, -0.05) is 0 Å². The molecule has 0 aliphatic carbocycles. The first-order chi connectivity index (χ1) is 14.2. The topological polar surface area (TPSA) is 108 Å². The number of ether oxygens (including phenoxy) is 1. The number of amides is 1. The van der Waals surface area contributed by atoms with Crippen molar-refractivity contribution in [1.29, 1.82) is 0 Å². The van der Waals surface area contributed by atoms with Crippen molar-refractivity contribution in [3.8, 4) is 0 Å². The van der Waals surface area contributed by atoms with Crippen LogP contribution in [0.3, 0.4) is 0 Å². The summed E-state index contributed by atoms with van der Waals surface area (Å²) in [4.78, 5) is 38.2. The Hall–Kier alpha value is -2.98. The Labute approximate surface area is 183 Å². The van der Waals surface area contributed by atoms with Gasteiger partial charge >= 0.3 is 11.9 Å². The predicted octanol–water partition coefficient (Wildman–Crippen LogP) is 3.83. The summed E-state index contributed by atoms with van der Waals surface area (Å²) in [7, 11) is 1.27. The molecule has 0 saturated heterocycles. The molecule has 0 spiro atoms. The quantitative estimate of drug-likeness (QED) is 0.432. The van der Waals surface area contributed by atoms with Crippen molar-refractivity contribution < 1.29 is 24.2 Å². The first kappa shape index (κ1) is 23.3. The number of hydrogen-bond donors (Lipinski definition) is 3. The minimum absolute atomic E-state index is 0.154. The van der Waals surface area contributed by atoms with Gasteiger partial charge < -0.3 is 25.4 Å². The lowest BCUT2D eigenvalue weighted by molar-refractivity contribution is 0.0600. The third-order valence-electron chi connectivity index (χ3n) is 4.40. The van der Waals surface area contributed by atoms with E-state index in [1.165, 1.54) is 19.2 Å². The van der Waals surface area contributed by atoms with Crippen molar-refractivity contribution in [1.82, 2.24) is 4.90 Å². The summed E-state index contributed by atoms with van der Waals surface area (Å²) < 4.78 is 4.88. The molecule has 160 valence electrons. The zero-order chi connectivity index (χ0) is 22.4. The number of aromatic carboxylic acids is 1. The summed E-state index contributed by atoms with van der Waals surface area (Å²) >= 11 is 6.45. The van der Waals surface area contributed by atoms with E-state index >= 15 is 0 Å². The van der Waals surface area contributed by atoms with Crippen molar-refractivity contribution in [2.24, 2.45) is 0 Å². The van der Waals surface area contributed by atoms with Gasteiger partial charge in [0.1, 0.15) is 5.00 Å². The number of carbonyl (C=O) groups is 3. The summed E-state index contributed by atoms with van der Waals surface area (Å²) in [5.74, 6) is -1.76. The van der Waals surface area contributed by atoms with Crippen LogP contribution >= 0.6 is 23.6 Å². The van der Waals surface area contributed by atoms with Gasteiger partial charge in [0.15, 0.2) is 5.11 Å². The Morgan fingerprint density at radius 2 is 1.73 bits per heavy atom. The molecule has 1 heterocycles. The lowest BCUT2D eigenvalue weighted by Gasteiger charge is -2.17. The number of thiocarbonyl (C=S) groups is 1. The average molecular weight is 450 g/mol. The van der Waals surface area contributed by atoms with E-state index in [-0.39, 0.29) is 22.1 Å². The molecular weight excluding hydrogens is 426 g/mol. The van der Waals surface area contributed by atoms with Gasteiger partial charge in [-0.05, 0) is 62.8 Å². The van der Waals surface area contributed by atoms with E-state index in [9.17, 15) is 14.4 Å². The number of nitrogens with zero attached hydrogens (tertiary/aromatic N) is 1. The van der Waals surface area contributed by atoms with Crippen molar-refractivity contribution in [3.63, 3.8) is 0 Å². The van der Waals surface area contributed by atoms with Crippen molar-refractivity contribution in [2.45, 2.75) is 20.8 Å². The molecule has 3 N–H and O–H groups in total. The van der Waals surface area contributed by atoms with Gasteiger partial charge in [0.05, 0.1) is 23.1 Å². The van der Waals surface area contributed by atoms with E-state index in [4.69, 9.17) is 22.1 Å². The molecule has 1 amide bonds. The van der Waals surface area contributed by atoms with Gasteiger partial charge in [0.25, 0.3) is 5.91 Å². The maximum absolute atomic E-state index is 12.8.